The lowest BCUT2D eigenvalue weighted by Crippen LogP contribution is -2.19. The summed E-state index contributed by atoms with van der Waals surface area (Å²) in [5, 5.41) is 4.62. The van der Waals surface area contributed by atoms with E-state index in [9.17, 15) is 4.79 Å². The topological polar surface area (TPSA) is 59.9 Å². The van der Waals surface area contributed by atoms with Crippen LogP contribution in [0, 0.1) is 0 Å². The van der Waals surface area contributed by atoms with Gasteiger partial charge >= 0.3 is 0 Å². The molecular formula is C18H19ClN2O3. The zero-order valence-electron chi connectivity index (χ0n) is 13.6. The van der Waals surface area contributed by atoms with Crippen LogP contribution in [-0.4, -0.2) is 25.8 Å². The molecule has 0 aromatic heterocycles. The van der Waals surface area contributed by atoms with Gasteiger partial charge in [-0.2, -0.15) is 5.10 Å². The first-order chi connectivity index (χ1) is 11.6. The Balaban J connectivity index is 1.99. The molecule has 5 nitrogen and oxygen atoms in total. The number of nitrogens with zero attached hydrogens (tertiary/aromatic N) is 1. The maximum Gasteiger partial charge on any atom is 0.244 e. The molecule has 0 aliphatic rings. The van der Waals surface area contributed by atoms with Gasteiger partial charge in [-0.25, -0.2) is 5.43 Å². The van der Waals surface area contributed by atoms with Crippen LogP contribution in [-0.2, 0) is 11.2 Å². The first-order valence-corrected chi connectivity index (χ1v) is 7.88. The first-order valence-electron chi connectivity index (χ1n) is 7.50. The summed E-state index contributed by atoms with van der Waals surface area (Å²) in [7, 11) is 1.56. The quantitative estimate of drug-likeness (QED) is 0.617. The summed E-state index contributed by atoms with van der Waals surface area (Å²) in [5.74, 6) is 1.000. The minimum Gasteiger partial charge on any atom is -0.492 e. The van der Waals surface area contributed by atoms with Crippen molar-refractivity contribution in [3.8, 4) is 11.5 Å². The van der Waals surface area contributed by atoms with Crippen molar-refractivity contribution in [2.24, 2.45) is 5.10 Å². The predicted molar refractivity (Wildman–Crippen MR) is 95.1 cm³/mol. The summed E-state index contributed by atoms with van der Waals surface area (Å²) in [5.41, 5.74) is 4.08. The molecule has 0 aliphatic carbocycles. The fourth-order valence-corrected chi connectivity index (χ4v) is 2.25. The van der Waals surface area contributed by atoms with Crippen LogP contribution >= 0.6 is 11.6 Å². The fourth-order valence-electron chi connectivity index (χ4n) is 2.12. The van der Waals surface area contributed by atoms with Crippen LogP contribution in [0.1, 0.15) is 18.1 Å². The monoisotopic (exact) mass is 346 g/mol. The van der Waals surface area contributed by atoms with Crippen molar-refractivity contribution in [1.82, 2.24) is 5.43 Å². The number of para-hydroxylation sites is 1. The fraction of sp³-hybridized carbons (Fsp3) is 0.222. The number of carbonyl (C=O) groups excluding carboxylic acids is 1. The first kappa shape index (κ1) is 17.8. The number of hydrogen-bond acceptors (Lipinski definition) is 4. The molecule has 0 atom stereocenters. The van der Waals surface area contributed by atoms with Crippen molar-refractivity contribution >= 4 is 23.7 Å². The molecule has 2 aromatic rings. The SMILES string of the molecule is CCOc1cccc(/C=N\NC(=O)Cc2ccc(Cl)cc2)c1OC. The van der Waals surface area contributed by atoms with Crippen molar-refractivity contribution < 1.29 is 14.3 Å². The van der Waals surface area contributed by atoms with E-state index in [-0.39, 0.29) is 12.3 Å². The third-order valence-electron chi connectivity index (χ3n) is 3.18. The molecule has 0 unspecified atom stereocenters. The minimum atomic E-state index is -0.214. The highest BCUT2D eigenvalue weighted by atomic mass is 35.5. The van der Waals surface area contributed by atoms with E-state index < -0.39 is 0 Å². The summed E-state index contributed by atoms with van der Waals surface area (Å²) < 4.78 is 10.9. The number of halogens is 1. The number of ether oxygens (including phenoxy) is 2. The average Bonchev–Trinajstić information content (AvgIpc) is 2.57. The van der Waals surface area contributed by atoms with E-state index in [0.717, 1.165) is 11.1 Å². The normalized spacial score (nSPS) is 10.6. The summed E-state index contributed by atoms with van der Waals surface area (Å²) in [6.07, 6.45) is 1.76. The summed E-state index contributed by atoms with van der Waals surface area (Å²) in [6.45, 7) is 2.44. The molecule has 1 N–H and O–H groups in total. The second kappa shape index (κ2) is 8.93. The van der Waals surface area contributed by atoms with Gasteiger partial charge in [0, 0.05) is 10.6 Å². The van der Waals surface area contributed by atoms with Crippen molar-refractivity contribution in [1.29, 1.82) is 0 Å². The Morgan fingerprint density at radius 2 is 2.00 bits per heavy atom. The Bertz CT molecular complexity index is 715. The van der Waals surface area contributed by atoms with Gasteiger partial charge in [0.15, 0.2) is 11.5 Å². The highest BCUT2D eigenvalue weighted by Crippen LogP contribution is 2.29. The maximum atomic E-state index is 11.9. The van der Waals surface area contributed by atoms with E-state index in [4.69, 9.17) is 21.1 Å². The summed E-state index contributed by atoms with van der Waals surface area (Å²) in [4.78, 5) is 11.9. The Kier molecular flexibility index (Phi) is 6.63. The van der Waals surface area contributed by atoms with Gasteiger partial charge in [0.05, 0.1) is 26.4 Å². The zero-order valence-corrected chi connectivity index (χ0v) is 14.3. The Morgan fingerprint density at radius 1 is 1.25 bits per heavy atom. The molecule has 6 heteroatoms. The molecule has 0 aliphatic heterocycles. The van der Waals surface area contributed by atoms with Crippen molar-refractivity contribution in [2.75, 3.05) is 13.7 Å². The second-order valence-electron chi connectivity index (χ2n) is 4.91. The predicted octanol–water partition coefficient (Wildman–Crippen LogP) is 3.44. The minimum absolute atomic E-state index is 0.214. The van der Waals surface area contributed by atoms with Gasteiger partial charge in [-0.3, -0.25) is 4.79 Å². The number of amides is 1. The van der Waals surface area contributed by atoms with Gasteiger partial charge in [0.25, 0.3) is 0 Å². The number of hydrogen-bond donors (Lipinski definition) is 1. The molecule has 126 valence electrons. The van der Waals surface area contributed by atoms with E-state index in [2.05, 4.69) is 10.5 Å². The van der Waals surface area contributed by atoms with Gasteiger partial charge in [0.2, 0.25) is 5.91 Å². The molecule has 0 saturated carbocycles. The standard InChI is InChI=1S/C18H19ClN2O3/c1-3-24-16-6-4-5-14(18(16)23-2)12-20-21-17(22)11-13-7-9-15(19)10-8-13/h4-10,12H,3,11H2,1-2H3,(H,21,22)/b20-12-. The molecule has 0 spiro atoms. The molecule has 24 heavy (non-hydrogen) atoms. The molecule has 0 heterocycles. The number of hydrazone groups is 1. The molecule has 1 amide bonds. The van der Waals surface area contributed by atoms with E-state index >= 15 is 0 Å². The Hall–Kier alpha value is -2.53. The van der Waals surface area contributed by atoms with Crippen LogP contribution in [0.15, 0.2) is 47.6 Å². The molecule has 0 radical (unpaired) electrons. The molecule has 0 saturated heterocycles. The lowest BCUT2D eigenvalue weighted by molar-refractivity contribution is -0.120. The highest BCUT2D eigenvalue weighted by Gasteiger charge is 2.08. The van der Waals surface area contributed by atoms with Gasteiger partial charge < -0.3 is 9.47 Å². The van der Waals surface area contributed by atoms with Crippen LogP contribution in [0.5, 0.6) is 11.5 Å². The number of methoxy groups -OCH3 is 1. The largest absolute Gasteiger partial charge is 0.492 e. The van der Waals surface area contributed by atoms with Gasteiger partial charge in [-0.05, 0) is 36.8 Å². The Labute approximate surface area is 146 Å². The van der Waals surface area contributed by atoms with Crippen LogP contribution < -0.4 is 14.9 Å². The smallest absolute Gasteiger partial charge is 0.244 e. The van der Waals surface area contributed by atoms with Crippen molar-refractivity contribution in [3.63, 3.8) is 0 Å². The molecule has 0 bridgehead atoms. The van der Waals surface area contributed by atoms with Gasteiger partial charge in [-0.15, -0.1) is 0 Å². The number of benzene rings is 2. The third-order valence-corrected chi connectivity index (χ3v) is 3.44. The number of nitrogens with one attached hydrogen (secondary N) is 1. The molecule has 2 aromatic carbocycles. The lowest BCUT2D eigenvalue weighted by atomic mass is 10.1. The summed E-state index contributed by atoms with van der Waals surface area (Å²) in [6, 6.07) is 12.6. The van der Waals surface area contributed by atoms with E-state index in [0.29, 0.717) is 23.1 Å². The van der Waals surface area contributed by atoms with Gasteiger partial charge in [0.1, 0.15) is 0 Å². The van der Waals surface area contributed by atoms with E-state index in [1.165, 1.54) is 6.21 Å². The molecule has 2 rings (SSSR count). The maximum absolute atomic E-state index is 11.9. The van der Waals surface area contributed by atoms with Crippen LogP contribution in [0.25, 0.3) is 0 Å². The third kappa shape index (κ3) is 4.99. The average molecular weight is 347 g/mol. The van der Waals surface area contributed by atoms with Crippen molar-refractivity contribution in [2.45, 2.75) is 13.3 Å². The van der Waals surface area contributed by atoms with Crippen LogP contribution in [0.4, 0.5) is 0 Å². The van der Waals surface area contributed by atoms with Gasteiger partial charge in [-0.1, -0.05) is 29.8 Å². The highest BCUT2D eigenvalue weighted by molar-refractivity contribution is 6.30. The zero-order chi connectivity index (χ0) is 17.4. The van der Waals surface area contributed by atoms with Crippen LogP contribution in [0.3, 0.4) is 0 Å². The number of carbonyl (C=O) groups is 1. The lowest BCUT2D eigenvalue weighted by Gasteiger charge is -2.11. The van der Waals surface area contributed by atoms with Crippen LogP contribution in [0.2, 0.25) is 5.02 Å². The number of rotatable bonds is 7. The molecular weight excluding hydrogens is 328 g/mol. The molecule has 0 fully saturated rings. The Morgan fingerprint density at radius 3 is 2.67 bits per heavy atom. The van der Waals surface area contributed by atoms with Crippen molar-refractivity contribution in [3.05, 3.63) is 58.6 Å². The summed E-state index contributed by atoms with van der Waals surface area (Å²) >= 11 is 5.82. The van der Waals surface area contributed by atoms with E-state index in [1.807, 2.05) is 25.1 Å². The van der Waals surface area contributed by atoms with E-state index in [1.54, 1.807) is 31.4 Å². The second-order valence-corrected chi connectivity index (χ2v) is 5.34.